The van der Waals surface area contributed by atoms with E-state index in [2.05, 4.69) is 25.8 Å². The highest BCUT2D eigenvalue weighted by atomic mass is 32.2. The summed E-state index contributed by atoms with van der Waals surface area (Å²) in [6.07, 6.45) is 0.307. The fourth-order valence-corrected chi connectivity index (χ4v) is 3.63. The Labute approximate surface area is 195 Å². The quantitative estimate of drug-likeness (QED) is 0.432. The van der Waals surface area contributed by atoms with Crippen LogP contribution in [0.1, 0.15) is 25.8 Å². The van der Waals surface area contributed by atoms with E-state index in [0.29, 0.717) is 29.1 Å². The van der Waals surface area contributed by atoms with Crippen LogP contribution < -0.4 is 20.9 Å². The van der Waals surface area contributed by atoms with Gasteiger partial charge in [-0.25, -0.2) is 0 Å². The van der Waals surface area contributed by atoms with Crippen molar-refractivity contribution >= 4 is 35.0 Å². The molecule has 9 nitrogen and oxygen atoms in total. The molecule has 0 bridgehead atoms. The molecule has 2 amide bonds. The second kappa shape index (κ2) is 10.8. The third kappa shape index (κ3) is 6.19. The standard InChI is InChI=1S/C23H25N5O4S/c1-5-19(29)25-18-11-6-13(2)12-17(18)20-22(31)26-23(28-27-20)33-14(3)21(30)24-15-7-9-16(32-4)10-8-15/h6-12,14H,5H2,1-4H3,(H,24,30)(H,25,29)(H,26,28,31)/t14-/m1/s1. The average Bonchev–Trinajstić information content (AvgIpc) is 2.80. The monoisotopic (exact) mass is 467 g/mol. The largest absolute Gasteiger partial charge is 0.497 e. The minimum Gasteiger partial charge on any atom is -0.497 e. The Morgan fingerprint density at radius 2 is 1.85 bits per heavy atom. The molecule has 172 valence electrons. The van der Waals surface area contributed by atoms with Gasteiger partial charge in [-0.1, -0.05) is 30.3 Å². The zero-order valence-electron chi connectivity index (χ0n) is 18.8. The number of aromatic amines is 1. The molecule has 3 aromatic rings. The van der Waals surface area contributed by atoms with Crippen LogP contribution in [0.25, 0.3) is 11.3 Å². The number of carbonyl (C=O) groups excluding carboxylic acids is 2. The number of aryl methyl sites for hydroxylation is 1. The van der Waals surface area contributed by atoms with Crippen molar-refractivity contribution in [3.8, 4) is 17.0 Å². The first kappa shape index (κ1) is 24.0. The Morgan fingerprint density at radius 3 is 2.48 bits per heavy atom. The maximum Gasteiger partial charge on any atom is 0.278 e. The van der Waals surface area contributed by atoms with Crippen molar-refractivity contribution in [2.75, 3.05) is 17.7 Å². The van der Waals surface area contributed by atoms with Crippen LogP contribution in [0.3, 0.4) is 0 Å². The van der Waals surface area contributed by atoms with Gasteiger partial charge >= 0.3 is 0 Å². The summed E-state index contributed by atoms with van der Waals surface area (Å²) in [4.78, 5) is 39.8. The van der Waals surface area contributed by atoms with E-state index in [4.69, 9.17) is 4.74 Å². The summed E-state index contributed by atoms with van der Waals surface area (Å²) in [6, 6.07) is 12.3. The normalized spacial score (nSPS) is 11.5. The zero-order valence-corrected chi connectivity index (χ0v) is 19.6. The van der Waals surface area contributed by atoms with Crippen LogP contribution in [-0.2, 0) is 9.59 Å². The lowest BCUT2D eigenvalue weighted by Gasteiger charge is -2.12. The molecule has 0 aliphatic carbocycles. The maximum atomic E-state index is 12.8. The van der Waals surface area contributed by atoms with E-state index >= 15 is 0 Å². The van der Waals surface area contributed by atoms with Crippen molar-refractivity contribution < 1.29 is 14.3 Å². The van der Waals surface area contributed by atoms with Gasteiger partial charge in [-0.3, -0.25) is 19.4 Å². The van der Waals surface area contributed by atoms with Gasteiger partial charge in [0.1, 0.15) is 5.75 Å². The molecule has 3 rings (SSSR count). The van der Waals surface area contributed by atoms with Crippen LogP contribution in [0.5, 0.6) is 5.75 Å². The fraction of sp³-hybridized carbons (Fsp3) is 0.261. The highest BCUT2D eigenvalue weighted by Crippen LogP contribution is 2.26. The van der Waals surface area contributed by atoms with Crippen molar-refractivity contribution in [2.24, 2.45) is 0 Å². The molecule has 1 aromatic heterocycles. The van der Waals surface area contributed by atoms with E-state index in [0.717, 1.165) is 17.3 Å². The lowest BCUT2D eigenvalue weighted by atomic mass is 10.1. The van der Waals surface area contributed by atoms with E-state index in [9.17, 15) is 14.4 Å². The summed E-state index contributed by atoms with van der Waals surface area (Å²) in [5.41, 5.74) is 2.12. The first-order valence-corrected chi connectivity index (χ1v) is 11.2. The Morgan fingerprint density at radius 1 is 1.12 bits per heavy atom. The van der Waals surface area contributed by atoms with E-state index in [1.807, 2.05) is 13.0 Å². The highest BCUT2D eigenvalue weighted by Gasteiger charge is 2.19. The number of aromatic nitrogens is 3. The topological polar surface area (TPSA) is 126 Å². The molecule has 0 fully saturated rings. The highest BCUT2D eigenvalue weighted by molar-refractivity contribution is 8.00. The number of rotatable bonds is 8. The summed E-state index contributed by atoms with van der Waals surface area (Å²) in [5, 5.41) is 13.4. The van der Waals surface area contributed by atoms with Gasteiger partial charge in [0.15, 0.2) is 10.9 Å². The summed E-state index contributed by atoms with van der Waals surface area (Å²) in [6.45, 7) is 5.33. The molecular weight excluding hydrogens is 442 g/mol. The summed E-state index contributed by atoms with van der Waals surface area (Å²) in [5.74, 6) is 0.267. The van der Waals surface area contributed by atoms with Gasteiger partial charge in [-0.2, -0.15) is 0 Å². The molecule has 3 N–H and O–H groups in total. The molecule has 0 spiro atoms. The summed E-state index contributed by atoms with van der Waals surface area (Å²) in [7, 11) is 1.57. The number of ether oxygens (including phenoxy) is 1. The number of hydrogen-bond acceptors (Lipinski definition) is 7. The number of nitrogens with one attached hydrogen (secondary N) is 3. The smallest absolute Gasteiger partial charge is 0.278 e. The van der Waals surface area contributed by atoms with Gasteiger partial charge in [0.05, 0.1) is 18.0 Å². The number of methoxy groups -OCH3 is 1. The predicted molar refractivity (Wildman–Crippen MR) is 129 cm³/mol. The number of benzene rings is 2. The number of carbonyl (C=O) groups is 2. The third-order valence-electron chi connectivity index (χ3n) is 4.72. The van der Waals surface area contributed by atoms with Gasteiger partial charge < -0.3 is 15.4 Å². The molecule has 0 unspecified atom stereocenters. The first-order valence-electron chi connectivity index (χ1n) is 10.3. The van der Waals surface area contributed by atoms with Crippen molar-refractivity contribution in [1.29, 1.82) is 0 Å². The molecule has 0 aliphatic heterocycles. The average molecular weight is 468 g/mol. The molecular formula is C23H25N5O4S. The minimum absolute atomic E-state index is 0.0878. The predicted octanol–water partition coefficient (Wildman–Crippen LogP) is 3.62. The molecule has 10 heteroatoms. The van der Waals surface area contributed by atoms with E-state index in [-0.39, 0.29) is 22.7 Å². The first-order chi connectivity index (χ1) is 15.8. The zero-order chi connectivity index (χ0) is 24.0. The maximum absolute atomic E-state index is 12.8. The van der Waals surface area contributed by atoms with Crippen LogP contribution in [0, 0.1) is 6.92 Å². The molecule has 0 radical (unpaired) electrons. The molecule has 33 heavy (non-hydrogen) atoms. The van der Waals surface area contributed by atoms with Crippen LogP contribution in [0.4, 0.5) is 11.4 Å². The van der Waals surface area contributed by atoms with Gasteiger partial charge in [0.2, 0.25) is 11.8 Å². The van der Waals surface area contributed by atoms with Gasteiger partial charge in [-0.05, 0) is 50.2 Å². The lowest BCUT2D eigenvalue weighted by Crippen LogP contribution is -2.23. The Hall–Kier alpha value is -3.66. The van der Waals surface area contributed by atoms with E-state index in [1.165, 1.54) is 0 Å². The molecule has 1 heterocycles. The second-order valence-corrected chi connectivity index (χ2v) is 8.57. The number of nitrogens with zero attached hydrogens (tertiary/aromatic N) is 2. The van der Waals surface area contributed by atoms with Crippen LogP contribution in [0.15, 0.2) is 52.4 Å². The lowest BCUT2D eigenvalue weighted by molar-refractivity contribution is -0.116. The van der Waals surface area contributed by atoms with Gasteiger partial charge in [0, 0.05) is 17.7 Å². The minimum atomic E-state index is -0.540. The Balaban J connectivity index is 1.75. The number of amides is 2. The van der Waals surface area contributed by atoms with Crippen LogP contribution in [-0.4, -0.2) is 39.4 Å². The summed E-state index contributed by atoms with van der Waals surface area (Å²) >= 11 is 1.08. The number of H-pyrrole nitrogens is 1. The fourth-order valence-electron chi connectivity index (χ4n) is 2.89. The Bertz CT molecular complexity index is 1210. The molecule has 0 saturated heterocycles. The Kier molecular flexibility index (Phi) is 7.83. The number of anilines is 2. The van der Waals surface area contributed by atoms with Crippen LogP contribution in [0.2, 0.25) is 0 Å². The summed E-state index contributed by atoms with van der Waals surface area (Å²) < 4.78 is 5.11. The van der Waals surface area contributed by atoms with Gasteiger partial charge in [-0.15, -0.1) is 10.2 Å². The van der Waals surface area contributed by atoms with Crippen molar-refractivity contribution in [3.63, 3.8) is 0 Å². The van der Waals surface area contributed by atoms with E-state index in [1.54, 1.807) is 57.4 Å². The molecule has 0 aliphatic rings. The van der Waals surface area contributed by atoms with E-state index < -0.39 is 10.8 Å². The van der Waals surface area contributed by atoms with Crippen molar-refractivity contribution in [1.82, 2.24) is 15.2 Å². The SMILES string of the molecule is CCC(=O)Nc1ccc(C)cc1-c1nnc(S[C@H](C)C(=O)Nc2ccc(OC)cc2)[nH]c1=O. The van der Waals surface area contributed by atoms with Crippen molar-refractivity contribution in [2.45, 2.75) is 37.6 Å². The number of hydrogen-bond donors (Lipinski definition) is 3. The third-order valence-corrected chi connectivity index (χ3v) is 5.69. The molecule has 1 atom stereocenters. The van der Waals surface area contributed by atoms with Crippen molar-refractivity contribution in [3.05, 3.63) is 58.4 Å². The second-order valence-electron chi connectivity index (χ2n) is 7.24. The molecule has 2 aromatic carbocycles. The molecule has 0 saturated carbocycles. The van der Waals surface area contributed by atoms with Gasteiger partial charge in [0.25, 0.3) is 5.56 Å². The van der Waals surface area contributed by atoms with Crippen LogP contribution >= 0.6 is 11.8 Å². The number of thioether (sulfide) groups is 1.